The lowest BCUT2D eigenvalue weighted by Crippen LogP contribution is -2.23. The molecular weight excluding hydrogens is 315 g/mol. The number of benzene rings is 2. The quantitative estimate of drug-likeness (QED) is 0.885. The minimum atomic E-state index is -3.76. The Kier molecular flexibility index (Phi) is 4.95. The lowest BCUT2D eigenvalue weighted by atomic mass is 10.2. The smallest absolute Gasteiger partial charge is 0.240 e. The molecule has 2 aromatic rings. The van der Waals surface area contributed by atoms with Gasteiger partial charge in [-0.05, 0) is 23.8 Å². The molecule has 4 nitrogen and oxygen atoms in total. The molecule has 0 aliphatic heterocycles. The van der Waals surface area contributed by atoms with Gasteiger partial charge in [-0.25, -0.2) is 17.5 Å². The van der Waals surface area contributed by atoms with Gasteiger partial charge in [0.05, 0.1) is 4.90 Å². The number of nitrogens with two attached hydrogens (primary N) is 1. The van der Waals surface area contributed by atoms with E-state index >= 15 is 0 Å². The molecule has 0 aromatic heterocycles. The van der Waals surface area contributed by atoms with Gasteiger partial charge in [0.15, 0.2) is 0 Å². The highest BCUT2D eigenvalue weighted by molar-refractivity contribution is 7.89. The van der Waals surface area contributed by atoms with Crippen molar-refractivity contribution in [2.45, 2.75) is 18.0 Å². The first-order chi connectivity index (χ1) is 9.94. The average molecular weight is 329 g/mol. The Morgan fingerprint density at radius 2 is 1.86 bits per heavy atom. The van der Waals surface area contributed by atoms with Crippen LogP contribution in [-0.2, 0) is 23.1 Å². The van der Waals surface area contributed by atoms with Crippen molar-refractivity contribution in [3.63, 3.8) is 0 Å². The minimum absolute atomic E-state index is 0.0149. The number of nitrogens with one attached hydrogen (secondary N) is 1. The fourth-order valence-electron chi connectivity index (χ4n) is 1.76. The molecule has 0 aliphatic carbocycles. The third-order valence-corrected chi connectivity index (χ3v) is 4.72. The van der Waals surface area contributed by atoms with E-state index in [1.807, 2.05) is 0 Å². The summed E-state index contributed by atoms with van der Waals surface area (Å²) in [7, 11) is -3.76. The fourth-order valence-corrected chi connectivity index (χ4v) is 3.11. The van der Waals surface area contributed by atoms with Crippen LogP contribution >= 0.6 is 11.6 Å². The van der Waals surface area contributed by atoms with Crippen LogP contribution in [0.1, 0.15) is 11.1 Å². The maximum Gasteiger partial charge on any atom is 0.240 e. The molecule has 112 valence electrons. The van der Waals surface area contributed by atoms with Crippen LogP contribution in [0, 0.1) is 5.82 Å². The molecular formula is C14H14ClFN2O2S. The monoisotopic (exact) mass is 328 g/mol. The molecule has 0 unspecified atom stereocenters. The lowest BCUT2D eigenvalue weighted by molar-refractivity contribution is 0.574. The molecule has 0 bridgehead atoms. The third kappa shape index (κ3) is 3.79. The van der Waals surface area contributed by atoms with Crippen LogP contribution in [0.4, 0.5) is 4.39 Å². The van der Waals surface area contributed by atoms with E-state index in [9.17, 15) is 12.8 Å². The number of hydrogen-bond donors (Lipinski definition) is 2. The Morgan fingerprint density at radius 1 is 1.14 bits per heavy atom. The molecule has 0 amide bonds. The van der Waals surface area contributed by atoms with Gasteiger partial charge in [-0.1, -0.05) is 35.9 Å². The first kappa shape index (κ1) is 15.9. The number of rotatable bonds is 5. The van der Waals surface area contributed by atoms with Crippen LogP contribution in [0.25, 0.3) is 0 Å². The van der Waals surface area contributed by atoms with Crippen LogP contribution in [0.2, 0.25) is 5.02 Å². The zero-order valence-electron chi connectivity index (χ0n) is 11.0. The van der Waals surface area contributed by atoms with Gasteiger partial charge in [0.25, 0.3) is 0 Å². The Balaban J connectivity index is 2.19. The standard InChI is InChI=1S/C14H14ClFN2O2S/c15-13-7-12(6-5-10(13)8-17)21(19,20)18-9-11-3-1-2-4-14(11)16/h1-7,18H,8-9,17H2. The second kappa shape index (κ2) is 6.53. The molecule has 0 aliphatic rings. The van der Waals surface area contributed by atoms with Crippen LogP contribution in [-0.4, -0.2) is 8.42 Å². The Morgan fingerprint density at radius 3 is 2.48 bits per heavy atom. The van der Waals surface area contributed by atoms with Crippen LogP contribution in [0.5, 0.6) is 0 Å². The highest BCUT2D eigenvalue weighted by Crippen LogP contribution is 2.20. The van der Waals surface area contributed by atoms with Crippen LogP contribution in [0.3, 0.4) is 0 Å². The predicted octanol–water partition coefficient (Wildman–Crippen LogP) is 2.42. The molecule has 0 fully saturated rings. The Hall–Kier alpha value is -1.47. The van der Waals surface area contributed by atoms with Gasteiger partial charge in [-0.3, -0.25) is 0 Å². The number of sulfonamides is 1. The van der Waals surface area contributed by atoms with Gasteiger partial charge >= 0.3 is 0 Å². The first-order valence-electron chi connectivity index (χ1n) is 6.15. The topological polar surface area (TPSA) is 72.2 Å². The molecule has 7 heteroatoms. The van der Waals surface area contributed by atoms with Crippen molar-refractivity contribution in [3.8, 4) is 0 Å². The molecule has 0 spiro atoms. The highest BCUT2D eigenvalue weighted by atomic mass is 35.5. The van der Waals surface area contributed by atoms with E-state index in [-0.39, 0.29) is 28.6 Å². The largest absolute Gasteiger partial charge is 0.326 e. The van der Waals surface area contributed by atoms with Crippen LogP contribution in [0.15, 0.2) is 47.4 Å². The molecule has 0 saturated heterocycles. The Labute approximate surface area is 127 Å². The van der Waals surface area contributed by atoms with Gasteiger partial charge in [0.2, 0.25) is 10.0 Å². The van der Waals surface area contributed by atoms with Gasteiger partial charge in [0.1, 0.15) is 5.82 Å². The summed E-state index contributed by atoms with van der Waals surface area (Å²) in [4.78, 5) is 0.0149. The van der Waals surface area contributed by atoms with Crippen molar-refractivity contribution in [1.82, 2.24) is 4.72 Å². The van der Waals surface area contributed by atoms with Gasteiger partial charge in [-0.15, -0.1) is 0 Å². The second-order valence-electron chi connectivity index (χ2n) is 4.37. The zero-order valence-corrected chi connectivity index (χ0v) is 12.6. The van der Waals surface area contributed by atoms with Gasteiger partial charge in [0, 0.05) is 23.7 Å². The normalized spacial score (nSPS) is 11.6. The van der Waals surface area contributed by atoms with Crippen molar-refractivity contribution < 1.29 is 12.8 Å². The first-order valence-corrected chi connectivity index (χ1v) is 8.01. The maximum atomic E-state index is 13.5. The maximum absolute atomic E-state index is 13.5. The summed E-state index contributed by atoms with van der Waals surface area (Å²) in [5.74, 6) is -0.461. The average Bonchev–Trinajstić information content (AvgIpc) is 2.46. The van der Waals surface area contributed by atoms with E-state index < -0.39 is 15.8 Å². The van der Waals surface area contributed by atoms with Crippen molar-refractivity contribution in [1.29, 1.82) is 0 Å². The van der Waals surface area contributed by atoms with E-state index in [0.717, 1.165) is 0 Å². The SMILES string of the molecule is NCc1ccc(S(=O)(=O)NCc2ccccc2F)cc1Cl. The molecule has 0 saturated carbocycles. The van der Waals surface area contributed by atoms with E-state index in [1.165, 1.54) is 24.3 Å². The number of halogens is 2. The molecule has 0 heterocycles. The molecule has 21 heavy (non-hydrogen) atoms. The van der Waals surface area contributed by atoms with E-state index in [1.54, 1.807) is 18.2 Å². The highest BCUT2D eigenvalue weighted by Gasteiger charge is 2.16. The van der Waals surface area contributed by atoms with Crippen molar-refractivity contribution in [2.75, 3.05) is 0 Å². The summed E-state index contributed by atoms with van der Waals surface area (Å²) in [5, 5.41) is 0.284. The Bertz CT molecular complexity index is 750. The van der Waals surface area contributed by atoms with Gasteiger partial charge in [-0.2, -0.15) is 0 Å². The van der Waals surface area contributed by atoms with E-state index in [0.29, 0.717) is 5.56 Å². The summed E-state index contributed by atoms with van der Waals surface area (Å²) < 4.78 is 40.1. The summed E-state index contributed by atoms with van der Waals surface area (Å²) in [5.41, 5.74) is 6.40. The third-order valence-electron chi connectivity index (χ3n) is 2.97. The number of hydrogen-bond acceptors (Lipinski definition) is 3. The molecule has 3 N–H and O–H groups in total. The zero-order chi connectivity index (χ0) is 15.5. The lowest BCUT2D eigenvalue weighted by Gasteiger charge is -2.09. The van der Waals surface area contributed by atoms with E-state index in [4.69, 9.17) is 17.3 Å². The molecule has 0 atom stereocenters. The summed E-state index contributed by atoms with van der Waals surface area (Å²) in [6.45, 7) is 0.0904. The molecule has 0 radical (unpaired) electrons. The van der Waals surface area contributed by atoms with Gasteiger partial charge < -0.3 is 5.73 Å². The molecule has 2 aromatic carbocycles. The fraction of sp³-hybridized carbons (Fsp3) is 0.143. The second-order valence-corrected chi connectivity index (χ2v) is 6.55. The minimum Gasteiger partial charge on any atom is -0.326 e. The predicted molar refractivity (Wildman–Crippen MR) is 79.8 cm³/mol. The summed E-state index contributed by atoms with van der Waals surface area (Å²) in [6.07, 6.45) is 0. The van der Waals surface area contributed by atoms with Crippen molar-refractivity contribution >= 4 is 21.6 Å². The van der Waals surface area contributed by atoms with Crippen molar-refractivity contribution in [2.24, 2.45) is 5.73 Å². The summed E-state index contributed by atoms with van der Waals surface area (Å²) >= 11 is 5.95. The summed E-state index contributed by atoms with van der Waals surface area (Å²) in [6, 6.07) is 10.3. The van der Waals surface area contributed by atoms with Crippen molar-refractivity contribution in [3.05, 3.63) is 64.4 Å². The molecule has 2 rings (SSSR count). The van der Waals surface area contributed by atoms with E-state index in [2.05, 4.69) is 4.72 Å². The van der Waals surface area contributed by atoms with Crippen LogP contribution < -0.4 is 10.5 Å².